The summed E-state index contributed by atoms with van der Waals surface area (Å²) in [5, 5.41) is 12.7. The minimum atomic E-state index is -0.233. The maximum Gasteiger partial charge on any atom is 0.129 e. The van der Waals surface area contributed by atoms with Crippen LogP contribution < -0.4 is 0 Å². The quantitative estimate of drug-likeness (QED) is 0.744. The molecule has 12 heavy (non-hydrogen) atoms. The van der Waals surface area contributed by atoms with Gasteiger partial charge in [0.2, 0.25) is 0 Å². The number of nitriles is 1. The lowest BCUT2D eigenvalue weighted by Crippen LogP contribution is -1.95. The fourth-order valence-electron chi connectivity index (χ4n) is 0.936. The van der Waals surface area contributed by atoms with E-state index >= 15 is 0 Å². The third kappa shape index (κ3) is 2.08. The van der Waals surface area contributed by atoms with Crippen molar-refractivity contribution >= 4 is 15.9 Å². The second kappa shape index (κ2) is 4.27. The summed E-state index contributed by atoms with van der Waals surface area (Å²) >= 11 is 3.23. The Bertz CT molecular complexity index is 287. The smallest absolute Gasteiger partial charge is 0.129 e. The summed E-state index contributed by atoms with van der Waals surface area (Å²) in [4.78, 5) is -0.233. The number of hydrogen-bond donors (Lipinski definition) is 0. The molecule has 3 nitrogen and oxygen atoms in total. The minimum Gasteiger partial charge on any atom is -0.272 e. The van der Waals surface area contributed by atoms with Crippen LogP contribution in [0.3, 0.4) is 0 Å². The van der Waals surface area contributed by atoms with Gasteiger partial charge in [0.1, 0.15) is 4.83 Å². The van der Waals surface area contributed by atoms with Gasteiger partial charge in [-0.25, -0.2) is 0 Å². The van der Waals surface area contributed by atoms with Crippen molar-refractivity contribution < 1.29 is 0 Å². The number of hydrogen-bond acceptors (Lipinski definition) is 2. The molecule has 4 heteroatoms. The number of aryl methyl sites for hydroxylation is 1. The van der Waals surface area contributed by atoms with Gasteiger partial charge in [0.05, 0.1) is 12.3 Å². The van der Waals surface area contributed by atoms with Crippen molar-refractivity contribution in [3.8, 4) is 6.07 Å². The fraction of sp³-hybridized carbons (Fsp3) is 0.500. The van der Waals surface area contributed by atoms with Crippen LogP contribution in [0.5, 0.6) is 0 Å². The monoisotopic (exact) mass is 227 g/mol. The van der Waals surface area contributed by atoms with Crippen LogP contribution in [0, 0.1) is 11.3 Å². The molecule has 1 unspecified atom stereocenters. The van der Waals surface area contributed by atoms with Gasteiger partial charge in [0.15, 0.2) is 0 Å². The van der Waals surface area contributed by atoms with E-state index < -0.39 is 0 Å². The normalized spacial score (nSPS) is 12.4. The van der Waals surface area contributed by atoms with Gasteiger partial charge in [-0.1, -0.05) is 22.9 Å². The Morgan fingerprint density at radius 3 is 3.17 bits per heavy atom. The van der Waals surface area contributed by atoms with Gasteiger partial charge in [-0.15, -0.1) is 0 Å². The Balaban J connectivity index is 2.71. The lowest BCUT2D eigenvalue weighted by Gasteiger charge is -1.95. The Kier molecular flexibility index (Phi) is 3.30. The van der Waals surface area contributed by atoms with Gasteiger partial charge in [-0.05, 0) is 6.42 Å². The zero-order valence-electron chi connectivity index (χ0n) is 6.87. The molecule has 0 aliphatic heterocycles. The van der Waals surface area contributed by atoms with Crippen LogP contribution in [0.1, 0.15) is 23.7 Å². The molecule has 0 saturated carbocycles. The topological polar surface area (TPSA) is 41.6 Å². The average Bonchev–Trinajstić information content (AvgIpc) is 2.52. The molecule has 64 valence electrons. The molecule has 0 saturated heterocycles. The van der Waals surface area contributed by atoms with E-state index in [-0.39, 0.29) is 4.83 Å². The predicted molar refractivity (Wildman–Crippen MR) is 49.8 cm³/mol. The van der Waals surface area contributed by atoms with Gasteiger partial charge in [0, 0.05) is 18.3 Å². The van der Waals surface area contributed by atoms with E-state index in [0.29, 0.717) is 0 Å². The van der Waals surface area contributed by atoms with E-state index in [1.807, 2.05) is 10.9 Å². The highest BCUT2D eigenvalue weighted by atomic mass is 79.9. The van der Waals surface area contributed by atoms with E-state index in [4.69, 9.17) is 5.26 Å². The van der Waals surface area contributed by atoms with Gasteiger partial charge in [-0.2, -0.15) is 10.4 Å². The van der Waals surface area contributed by atoms with Crippen LogP contribution in [0.15, 0.2) is 12.4 Å². The van der Waals surface area contributed by atoms with E-state index in [9.17, 15) is 0 Å². The molecule has 1 atom stereocenters. The van der Waals surface area contributed by atoms with Crippen molar-refractivity contribution in [2.24, 2.45) is 0 Å². The molecule has 0 aliphatic rings. The Labute approximate surface area is 80.1 Å². The number of aromatic nitrogens is 2. The lowest BCUT2D eigenvalue weighted by molar-refractivity contribution is 0.602. The standard InChI is InChI=1S/C8H10BrN3/c1-2-3-12-6-7(5-11-12)8(9)4-10/h5-6,8H,2-3H2,1H3. The van der Waals surface area contributed by atoms with Crippen molar-refractivity contribution in [1.29, 1.82) is 5.26 Å². The first-order valence-corrected chi connectivity index (χ1v) is 4.75. The zero-order valence-corrected chi connectivity index (χ0v) is 8.45. The van der Waals surface area contributed by atoms with Crippen LogP contribution in [0.25, 0.3) is 0 Å². The van der Waals surface area contributed by atoms with Crippen LogP contribution in [0.2, 0.25) is 0 Å². The van der Waals surface area contributed by atoms with Gasteiger partial charge in [-0.3, -0.25) is 4.68 Å². The van der Waals surface area contributed by atoms with E-state index in [2.05, 4.69) is 34.0 Å². The summed E-state index contributed by atoms with van der Waals surface area (Å²) in [6.07, 6.45) is 4.67. The number of nitrogens with zero attached hydrogens (tertiary/aromatic N) is 3. The van der Waals surface area contributed by atoms with Gasteiger partial charge >= 0.3 is 0 Å². The Hall–Kier alpha value is -0.820. The summed E-state index contributed by atoms with van der Waals surface area (Å²) in [6, 6.07) is 2.10. The van der Waals surface area contributed by atoms with Gasteiger partial charge < -0.3 is 0 Å². The van der Waals surface area contributed by atoms with E-state index in [1.165, 1.54) is 0 Å². The summed E-state index contributed by atoms with van der Waals surface area (Å²) in [6.45, 7) is 3.00. The van der Waals surface area contributed by atoms with Crippen LogP contribution >= 0.6 is 15.9 Å². The molecule has 0 N–H and O–H groups in total. The van der Waals surface area contributed by atoms with Crippen molar-refractivity contribution in [3.63, 3.8) is 0 Å². The molecule has 1 aromatic rings. The zero-order chi connectivity index (χ0) is 8.97. The first-order chi connectivity index (χ1) is 5.77. The summed E-state index contributed by atoms with van der Waals surface area (Å²) in [7, 11) is 0. The SMILES string of the molecule is CCCn1cc(C(Br)C#N)cn1. The summed E-state index contributed by atoms with van der Waals surface area (Å²) < 4.78 is 1.85. The predicted octanol–water partition coefficient (Wildman–Crippen LogP) is 2.25. The highest BCUT2D eigenvalue weighted by molar-refractivity contribution is 9.09. The molecule has 0 amide bonds. The fourth-order valence-corrected chi connectivity index (χ4v) is 1.17. The molecule has 0 radical (unpaired) electrons. The average molecular weight is 228 g/mol. The largest absolute Gasteiger partial charge is 0.272 e. The van der Waals surface area contributed by atoms with E-state index in [0.717, 1.165) is 18.5 Å². The highest BCUT2D eigenvalue weighted by Gasteiger charge is 2.07. The first-order valence-electron chi connectivity index (χ1n) is 3.84. The second-order valence-corrected chi connectivity index (χ2v) is 3.44. The van der Waals surface area contributed by atoms with Crippen LogP contribution in [-0.4, -0.2) is 9.78 Å². The maximum atomic E-state index is 8.59. The molecule has 1 aromatic heterocycles. The molecule has 0 aromatic carbocycles. The summed E-state index contributed by atoms with van der Waals surface area (Å²) in [5.74, 6) is 0. The number of rotatable bonds is 3. The molecule has 0 fully saturated rings. The molecule has 1 heterocycles. The Morgan fingerprint density at radius 2 is 2.58 bits per heavy atom. The Morgan fingerprint density at radius 1 is 1.83 bits per heavy atom. The third-order valence-corrected chi connectivity index (χ3v) is 2.25. The molecule has 0 aliphatic carbocycles. The van der Waals surface area contributed by atoms with Gasteiger partial charge in [0.25, 0.3) is 0 Å². The first kappa shape index (κ1) is 9.27. The van der Waals surface area contributed by atoms with Crippen molar-refractivity contribution in [2.45, 2.75) is 24.7 Å². The molecular formula is C8H10BrN3. The number of halogens is 1. The minimum absolute atomic E-state index is 0.233. The summed E-state index contributed by atoms with van der Waals surface area (Å²) in [5.41, 5.74) is 0.922. The molecule has 0 bridgehead atoms. The van der Waals surface area contributed by atoms with Crippen molar-refractivity contribution in [1.82, 2.24) is 9.78 Å². The van der Waals surface area contributed by atoms with Crippen LogP contribution in [-0.2, 0) is 6.54 Å². The molecule has 1 rings (SSSR count). The maximum absolute atomic E-state index is 8.59. The molecule has 0 spiro atoms. The van der Waals surface area contributed by atoms with Crippen molar-refractivity contribution in [3.05, 3.63) is 18.0 Å². The highest BCUT2D eigenvalue weighted by Crippen LogP contribution is 2.20. The second-order valence-electron chi connectivity index (χ2n) is 2.53. The lowest BCUT2D eigenvalue weighted by atomic mass is 10.3. The third-order valence-electron chi connectivity index (χ3n) is 1.51. The number of alkyl halides is 1. The van der Waals surface area contributed by atoms with Crippen molar-refractivity contribution in [2.75, 3.05) is 0 Å². The van der Waals surface area contributed by atoms with Crippen LogP contribution in [0.4, 0.5) is 0 Å². The van der Waals surface area contributed by atoms with E-state index in [1.54, 1.807) is 6.20 Å². The molecular weight excluding hydrogens is 218 g/mol.